The fourth-order valence-corrected chi connectivity index (χ4v) is 1.96. The Kier molecular flexibility index (Phi) is 4.19. The molecular weight excluding hydrogens is 329 g/mol. The Hall–Kier alpha value is -2.15. The number of carbonyl (C=O) groups excluding carboxylic acids is 1. The fourth-order valence-electron chi connectivity index (χ4n) is 1.60. The van der Waals surface area contributed by atoms with Crippen molar-refractivity contribution < 1.29 is 13.9 Å². The Bertz CT molecular complexity index is 664. The molecule has 1 heterocycles. The lowest BCUT2D eigenvalue weighted by Gasteiger charge is -2.11. The molecule has 1 aromatic carbocycles. The van der Waals surface area contributed by atoms with Crippen LogP contribution in [-0.4, -0.2) is 18.0 Å². The van der Waals surface area contributed by atoms with E-state index in [9.17, 15) is 9.18 Å². The summed E-state index contributed by atoms with van der Waals surface area (Å²) in [5, 5.41) is 2.57. The van der Waals surface area contributed by atoms with Crippen molar-refractivity contribution in [2.75, 3.05) is 18.2 Å². The Balaban J connectivity index is 2.32. The molecule has 0 saturated carbocycles. The molecular formula is C13H11BrFN3O2. The molecule has 0 bridgehead atoms. The SMILES string of the molecule is COc1ccc(Br)cc1NC(=O)c1ccnc(N)c1F. The Morgan fingerprint density at radius 1 is 1.45 bits per heavy atom. The topological polar surface area (TPSA) is 77.2 Å². The molecule has 20 heavy (non-hydrogen) atoms. The average Bonchev–Trinajstić information content (AvgIpc) is 2.42. The summed E-state index contributed by atoms with van der Waals surface area (Å²) in [5.41, 5.74) is 5.57. The van der Waals surface area contributed by atoms with Gasteiger partial charge in [0.2, 0.25) is 0 Å². The molecule has 0 fully saturated rings. The summed E-state index contributed by atoms with van der Waals surface area (Å²) >= 11 is 3.29. The van der Waals surface area contributed by atoms with E-state index in [0.29, 0.717) is 11.4 Å². The molecule has 0 atom stereocenters. The van der Waals surface area contributed by atoms with Crippen molar-refractivity contribution in [1.82, 2.24) is 4.98 Å². The van der Waals surface area contributed by atoms with Crippen LogP contribution in [0.15, 0.2) is 34.9 Å². The van der Waals surface area contributed by atoms with Crippen molar-refractivity contribution in [2.24, 2.45) is 0 Å². The quantitative estimate of drug-likeness (QED) is 0.901. The van der Waals surface area contributed by atoms with Crippen molar-refractivity contribution in [2.45, 2.75) is 0 Å². The highest BCUT2D eigenvalue weighted by Crippen LogP contribution is 2.28. The van der Waals surface area contributed by atoms with Gasteiger partial charge in [-0.1, -0.05) is 15.9 Å². The van der Waals surface area contributed by atoms with E-state index in [1.165, 1.54) is 19.4 Å². The van der Waals surface area contributed by atoms with Crippen LogP contribution in [-0.2, 0) is 0 Å². The lowest BCUT2D eigenvalue weighted by molar-refractivity contribution is 0.102. The van der Waals surface area contributed by atoms with Crippen LogP contribution in [0.3, 0.4) is 0 Å². The highest BCUT2D eigenvalue weighted by atomic mass is 79.9. The third-order valence-electron chi connectivity index (χ3n) is 2.57. The smallest absolute Gasteiger partial charge is 0.258 e. The van der Waals surface area contributed by atoms with E-state index >= 15 is 0 Å². The maximum absolute atomic E-state index is 13.7. The van der Waals surface area contributed by atoms with E-state index in [2.05, 4.69) is 26.2 Å². The molecule has 0 spiro atoms. The van der Waals surface area contributed by atoms with Crippen LogP contribution in [0.1, 0.15) is 10.4 Å². The molecule has 1 amide bonds. The minimum Gasteiger partial charge on any atom is -0.495 e. The van der Waals surface area contributed by atoms with Crippen molar-refractivity contribution >= 4 is 33.3 Å². The number of benzene rings is 1. The van der Waals surface area contributed by atoms with Gasteiger partial charge in [-0.05, 0) is 24.3 Å². The monoisotopic (exact) mass is 339 g/mol. The van der Waals surface area contributed by atoms with Crippen LogP contribution in [0.4, 0.5) is 15.9 Å². The van der Waals surface area contributed by atoms with Gasteiger partial charge >= 0.3 is 0 Å². The molecule has 0 aliphatic heterocycles. The Labute approximate surface area is 123 Å². The molecule has 0 aliphatic rings. The van der Waals surface area contributed by atoms with Crippen molar-refractivity contribution in [1.29, 1.82) is 0 Å². The number of anilines is 2. The predicted octanol–water partition coefficient (Wildman–Crippen LogP) is 2.83. The molecule has 0 unspecified atom stereocenters. The molecule has 2 rings (SSSR count). The van der Waals surface area contributed by atoms with E-state index < -0.39 is 11.7 Å². The minimum atomic E-state index is -0.848. The van der Waals surface area contributed by atoms with Crippen LogP contribution < -0.4 is 15.8 Å². The van der Waals surface area contributed by atoms with E-state index in [1.807, 2.05) is 0 Å². The average molecular weight is 340 g/mol. The Morgan fingerprint density at radius 2 is 2.20 bits per heavy atom. The number of nitrogen functional groups attached to an aromatic ring is 1. The van der Waals surface area contributed by atoms with Crippen molar-refractivity contribution in [3.63, 3.8) is 0 Å². The van der Waals surface area contributed by atoms with Gasteiger partial charge in [0.25, 0.3) is 5.91 Å². The van der Waals surface area contributed by atoms with Gasteiger partial charge in [0, 0.05) is 10.7 Å². The van der Waals surface area contributed by atoms with Crippen LogP contribution in [0.2, 0.25) is 0 Å². The second-order valence-corrected chi connectivity index (χ2v) is 4.77. The molecule has 2 aromatic rings. The molecule has 3 N–H and O–H groups in total. The van der Waals surface area contributed by atoms with Gasteiger partial charge in [-0.2, -0.15) is 0 Å². The number of hydrogen-bond acceptors (Lipinski definition) is 4. The number of aromatic nitrogens is 1. The van der Waals surface area contributed by atoms with Crippen LogP contribution in [0.25, 0.3) is 0 Å². The number of nitrogens with one attached hydrogen (secondary N) is 1. The number of nitrogens with zero attached hydrogens (tertiary/aromatic N) is 1. The summed E-state index contributed by atoms with van der Waals surface area (Å²) in [4.78, 5) is 15.6. The number of methoxy groups -OCH3 is 1. The third kappa shape index (κ3) is 2.88. The van der Waals surface area contributed by atoms with E-state index in [4.69, 9.17) is 10.5 Å². The second kappa shape index (κ2) is 5.87. The van der Waals surface area contributed by atoms with Crippen LogP contribution in [0.5, 0.6) is 5.75 Å². The summed E-state index contributed by atoms with van der Waals surface area (Å²) in [7, 11) is 1.48. The third-order valence-corrected chi connectivity index (χ3v) is 3.06. The molecule has 7 heteroatoms. The first-order chi connectivity index (χ1) is 9.52. The lowest BCUT2D eigenvalue weighted by Crippen LogP contribution is -2.15. The highest BCUT2D eigenvalue weighted by Gasteiger charge is 2.16. The number of ether oxygens (including phenoxy) is 1. The summed E-state index contributed by atoms with van der Waals surface area (Å²) < 4.78 is 19.6. The first-order valence-electron chi connectivity index (χ1n) is 5.57. The number of rotatable bonds is 3. The molecule has 0 aliphatic carbocycles. The second-order valence-electron chi connectivity index (χ2n) is 3.86. The minimum absolute atomic E-state index is 0.181. The van der Waals surface area contributed by atoms with Crippen LogP contribution in [0, 0.1) is 5.82 Å². The summed E-state index contributed by atoms with van der Waals surface area (Å²) in [6, 6.07) is 6.35. The predicted molar refractivity (Wildman–Crippen MR) is 77.3 cm³/mol. The highest BCUT2D eigenvalue weighted by molar-refractivity contribution is 9.10. The van der Waals surface area contributed by atoms with Crippen molar-refractivity contribution in [3.05, 3.63) is 46.3 Å². The Morgan fingerprint density at radius 3 is 2.90 bits per heavy atom. The largest absolute Gasteiger partial charge is 0.495 e. The number of hydrogen-bond donors (Lipinski definition) is 2. The first kappa shape index (κ1) is 14.3. The molecule has 0 saturated heterocycles. The zero-order valence-corrected chi connectivity index (χ0v) is 12.1. The number of carbonyl (C=O) groups is 1. The van der Waals surface area contributed by atoms with Gasteiger partial charge in [-0.25, -0.2) is 9.37 Å². The van der Waals surface area contributed by atoms with E-state index in [0.717, 1.165) is 4.47 Å². The van der Waals surface area contributed by atoms with Gasteiger partial charge in [-0.15, -0.1) is 0 Å². The fraction of sp³-hybridized carbons (Fsp3) is 0.0769. The normalized spacial score (nSPS) is 10.2. The van der Waals surface area contributed by atoms with Gasteiger partial charge in [0.1, 0.15) is 5.75 Å². The zero-order valence-electron chi connectivity index (χ0n) is 10.5. The zero-order chi connectivity index (χ0) is 14.7. The maximum atomic E-state index is 13.7. The summed E-state index contributed by atoms with van der Waals surface area (Å²) in [6.45, 7) is 0. The number of amides is 1. The van der Waals surface area contributed by atoms with Gasteiger partial charge in [-0.3, -0.25) is 4.79 Å². The molecule has 0 radical (unpaired) electrons. The van der Waals surface area contributed by atoms with Gasteiger partial charge in [0.15, 0.2) is 11.6 Å². The van der Waals surface area contributed by atoms with E-state index in [1.54, 1.807) is 18.2 Å². The van der Waals surface area contributed by atoms with E-state index in [-0.39, 0.29) is 11.4 Å². The summed E-state index contributed by atoms with van der Waals surface area (Å²) in [6.07, 6.45) is 1.27. The molecule has 5 nitrogen and oxygen atoms in total. The van der Waals surface area contributed by atoms with Gasteiger partial charge < -0.3 is 15.8 Å². The number of nitrogens with two attached hydrogens (primary N) is 1. The van der Waals surface area contributed by atoms with Crippen molar-refractivity contribution in [3.8, 4) is 5.75 Å². The molecule has 104 valence electrons. The number of halogens is 2. The first-order valence-corrected chi connectivity index (χ1v) is 6.37. The lowest BCUT2D eigenvalue weighted by atomic mass is 10.2. The van der Waals surface area contributed by atoms with Crippen LogP contribution >= 0.6 is 15.9 Å². The number of pyridine rings is 1. The standard InChI is InChI=1S/C13H11BrFN3O2/c1-20-10-3-2-7(14)6-9(10)18-13(19)8-4-5-17-12(16)11(8)15/h2-6H,1H3,(H2,16,17)(H,18,19). The summed E-state index contributed by atoms with van der Waals surface area (Å²) in [5.74, 6) is -1.34. The molecule has 1 aromatic heterocycles. The maximum Gasteiger partial charge on any atom is 0.258 e. The van der Waals surface area contributed by atoms with Gasteiger partial charge in [0.05, 0.1) is 18.4 Å².